The molecule has 2 fully saturated rings. The molecule has 0 spiro atoms. The second-order valence-electron chi connectivity index (χ2n) is 6.74. The molecule has 1 aliphatic heterocycles. The molecule has 20 heavy (non-hydrogen) atoms. The maximum Gasteiger partial charge on any atom is 0.154 e. The zero-order valence-electron chi connectivity index (χ0n) is 12.2. The lowest BCUT2D eigenvalue weighted by Crippen LogP contribution is -2.51. The highest BCUT2D eigenvalue weighted by atomic mass is 32.2. The van der Waals surface area contributed by atoms with E-state index in [-0.39, 0.29) is 0 Å². The molecular formula is C15H25NO3S. The minimum Gasteiger partial charge on any atom is -0.381 e. The summed E-state index contributed by atoms with van der Waals surface area (Å²) in [7, 11) is -3.05. The second-order valence-corrected chi connectivity index (χ2v) is 9.15. The van der Waals surface area contributed by atoms with Crippen LogP contribution in [-0.4, -0.2) is 45.7 Å². The van der Waals surface area contributed by atoms with Crippen molar-refractivity contribution in [2.45, 2.75) is 30.4 Å². The van der Waals surface area contributed by atoms with Gasteiger partial charge in [-0.2, -0.15) is 0 Å². The third-order valence-corrected chi connectivity index (χ3v) is 7.59. The zero-order valence-corrected chi connectivity index (χ0v) is 13.0. The van der Waals surface area contributed by atoms with Crippen molar-refractivity contribution in [3.05, 3.63) is 12.2 Å². The average Bonchev–Trinajstić information content (AvgIpc) is 3.01. The van der Waals surface area contributed by atoms with E-state index in [2.05, 4.69) is 17.5 Å². The van der Waals surface area contributed by atoms with E-state index in [4.69, 9.17) is 4.74 Å². The van der Waals surface area contributed by atoms with Gasteiger partial charge < -0.3 is 10.1 Å². The smallest absolute Gasteiger partial charge is 0.154 e. The number of ether oxygens (including phenoxy) is 1. The molecule has 1 heterocycles. The SMILES string of the molecule is CS(=O)(=O)C1(CNC[C@H]2C[C@H]3C=C[C@H]2C3)CCOCC1. The topological polar surface area (TPSA) is 55.4 Å². The van der Waals surface area contributed by atoms with Crippen molar-refractivity contribution in [3.8, 4) is 0 Å². The van der Waals surface area contributed by atoms with Crippen LogP contribution in [0.15, 0.2) is 12.2 Å². The second kappa shape index (κ2) is 5.43. The van der Waals surface area contributed by atoms with Crippen molar-refractivity contribution < 1.29 is 13.2 Å². The largest absolute Gasteiger partial charge is 0.381 e. The predicted octanol–water partition coefficient (Wildman–Crippen LogP) is 1.38. The Bertz CT molecular complexity index is 479. The van der Waals surface area contributed by atoms with Crippen LogP contribution in [0.3, 0.4) is 0 Å². The van der Waals surface area contributed by atoms with Crippen molar-refractivity contribution in [2.24, 2.45) is 17.8 Å². The molecule has 2 bridgehead atoms. The Hall–Kier alpha value is -0.390. The molecule has 3 aliphatic rings. The Morgan fingerprint density at radius 2 is 2.00 bits per heavy atom. The maximum atomic E-state index is 12.2. The molecule has 0 radical (unpaired) electrons. The van der Waals surface area contributed by atoms with Gasteiger partial charge in [-0.05, 0) is 50.0 Å². The van der Waals surface area contributed by atoms with E-state index >= 15 is 0 Å². The van der Waals surface area contributed by atoms with E-state index in [9.17, 15) is 8.42 Å². The first kappa shape index (κ1) is 14.5. The molecule has 4 nitrogen and oxygen atoms in total. The van der Waals surface area contributed by atoms with Gasteiger partial charge in [0.15, 0.2) is 9.84 Å². The molecule has 0 aromatic carbocycles. The number of sulfone groups is 1. The number of hydrogen-bond acceptors (Lipinski definition) is 4. The Balaban J connectivity index is 1.56. The molecule has 0 unspecified atom stereocenters. The van der Waals surface area contributed by atoms with Crippen LogP contribution in [0, 0.1) is 17.8 Å². The molecule has 114 valence electrons. The van der Waals surface area contributed by atoms with Gasteiger partial charge in [0.05, 0.1) is 4.75 Å². The fourth-order valence-electron chi connectivity index (χ4n) is 4.04. The van der Waals surface area contributed by atoms with Crippen molar-refractivity contribution in [2.75, 3.05) is 32.6 Å². The van der Waals surface area contributed by atoms with Gasteiger partial charge in [0.1, 0.15) is 0 Å². The zero-order chi connectivity index (χ0) is 14.2. The number of allylic oxidation sites excluding steroid dienone is 2. The molecule has 1 saturated heterocycles. The molecule has 3 atom stereocenters. The van der Waals surface area contributed by atoms with Crippen molar-refractivity contribution >= 4 is 9.84 Å². The Morgan fingerprint density at radius 3 is 2.55 bits per heavy atom. The van der Waals surface area contributed by atoms with Gasteiger partial charge in [-0.1, -0.05) is 12.2 Å². The van der Waals surface area contributed by atoms with Crippen LogP contribution in [0.2, 0.25) is 0 Å². The van der Waals surface area contributed by atoms with Gasteiger partial charge in [0, 0.05) is 26.0 Å². The van der Waals surface area contributed by atoms with Gasteiger partial charge in [-0.15, -0.1) is 0 Å². The van der Waals surface area contributed by atoms with Crippen LogP contribution in [0.25, 0.3) is 0 Å². The summed E-state index contributed by atoms with van der Waals surface area (Å²) in [4.78, 5) is 0. The third kappa shape index (κ3) is 2.68. The minimum atomic E-state index is -3.05. The lowest BCUT2D eigenvalue weighted by molar-refractivity contribution is 0.0742. The summed E-state index contributed by atoms with van der Waals surface area (Å²) in [5.41, 5.74) is 0. The molecular weight excluding hydrogens is 274 g/mol. The standard InChI is InChI=1S/C15H25NO3S/c1-20(17,18)15(4-6-19-7-5-15)11-16-10-14-9-12-2-3-13(14)8-12/h2-3,12-14,16H,4-11H2,1H3/t12-,13-,14+/m0/s1. The highest BCUT2D eigenvalue weighted by Gasteiger charge is 2.42. The van der Waals surface area contributed by atoms with Crippen LogP contribution in [0.5, 0.6) is 0 Å². The summed E-state index contributed by atoms with van der Waals surface area (Å²) >= 11 is 0. The summed E-state index contributed by atoms with van der Waals surface area (Å²) < 4.78 is 29.0. The molecule has 0 amide bonds. The van der Waals surface area contributed by atoms with E-state index in [1.54, 1.807) is 0 Å². The van der Waals surface area contributed by atoms with Crippen molar-refractivity contribution in [3.63, 3.8) is 0 Å². The first-order valence-corrected chi connectivity index (χ1v) is 9.56. The van der Waals surface area contributed by atoms with Gasteiger partial charge >= 0.3 is 0 Å². The van der Waals surface area contributed by atoms with Crippen LogP contribution < -0.4 is 5.32 Å². The highest BCUT2D eigenvalue weighted by molar-refractivity contribution is 7.92. The Labute approximate surface area is 121 Å². The quantitative estimate of drug-likeness (QED) is 0.779. The van der Waals surface area contributed by atoms with E-state index in [0.717, 1.165) is 18.4 Å². The molecule has 3 rings (SSSR count). The fraction of sp³-hybridized carbons (Fsp3) is 0.867. The van der Waals surface area contributed by atoms with E-state index in [1.165, 1.54) is 19.1 Å². The summed E-state index contributed by atoms with van der Waals surface area (Å²) in [5.74, 6) is 2.19. The first-order valence-electron chi connectivity index (χ1n) is 7.67. The number of rotatable bonds is 5. The van der Waals surface area contributed by atoms with Crippen LogP contribution >= 0.6 is 0 Å². The Kier molecular flexibility index (Phi) is 3.95. The molecule has 0 aromatic heterocycles. The molecule has 2 aliphatic carbocycles. The predicted molar refractivity (Wildman–Crippen MR) is 79.3 cm³/mol. The van der Waals surface area contributed by atoms with Gasteiger partial charge in [0.2, 0.25) is 0 Å². The lowest BCUT2D eigenvalue weighted by atomic mass is 9.93. The minimum absolute atomic E-state index is 0.561. The monoisotopic (exact) mass is 299 g/mol. The third-order valence-electron chi connectivity index (χ3n) is 5.46. The van der Waals surface area contributed by atoms with E-state index < -0.39 is 14.6 Å². The highest BCUT2D eigenvalue weighted by Crippen LogP contribution is 2.43. The van der Waals surface area contributed by atoms with Gasteiger partial charge in [0.25, 0.3) is 0 Å². The molecule has 5 heteroatoms. The van der Waals surface area contributed by atoms with Crippen LogP contribution in [0.1, 0.15) is 25.7 Å². The van der Waals surface area contributed by atoms with Crippen LogP contribution in [0.4, 0.5) is 0 Å². The van der Waals surface area contributed by atoms with E-state index in [1.807, 2.05) is 0 Å². The summed E-state index contributed by atoms with van der Waals surface area (Å²) in [5, 5.41) is 3.46. The average molecular weight is 299 g/mol. The molecule has 0 aromatic rings. The van der Waals surface area contributed by atoms with Crippen molar-refractivity contribution in [1.82, 2.24) is 5.32 Å². The maximum absolute atomic E-state index is 12.2. The number of nitrogens with one attached hydrogen (secondary N) is 1. The lowest BCUT2D eigenvalue weighted by Gasteiger charge is -2.36. The number of hydrogen-bond donors (Lipinski definition) is 1. The van der Waals surface area contributed by atoms with Gasteiger partial charge in [-0.25, -0.2) is 8.42 Å². The fourth-order valence-corrected chi connectivity index (χ4v) is 5.31. The Morgan fingerprint density at radius 1 is 1.25 bits per heavy atom. The summed E-state index contributed by atoms with van der Waals surface area (Å²) in [6, 6.07) is 0. The molecule has 1 saturated carbocycles. The molecule has 1 N–H and O–H groups in total. The first-order chi connectivity index (χ1) is 9.50. The van der Waals surface area contributed by atoms with Gasteiger partial charge in [-0.3, -0.25) is 0 Å². The van der Waals surface area contributed by atoms with Crippen LogP contribution in [-0.2, 0) is 14.6 Å². The van der Waals surface area contributed by atoms with E-state index in [0.29, 0.717) is 38.5 Å². The normalized spacial score (nSPS) is 35.5. The summed E-state index contributed by atoms with van der Waals surface area (Å²) in [6.45, 7) is 2.65. The number of fused-ring (bicyclic) bond motifs is 2. The summed E-state index contributed by atoms with van der Waals surface area (Å²) in [6.07, 6.45) is 9.88. The van der Waals surface area contributed by atoms with Crippen molar-refractivity contribution in [1.29, 1.82) is 0 Å².